The Hall–Kier alpha value is -3.36. The first kappa shape index (κ1) is 32.0. The number of carbonyl (C=O) groups excluding carboxylic acids is 3. The van der Waals surface area contributed by atoms with Crippen molar-refractivity contribution in [2.75, 3.05) is 24.6 Å². The van der Waals surface area contributed by atoms with Crippen LogP contribution in [0.2, 0.25) is 0 Å². The summed E-state index contributed by atoms with van der Waals surface area (Å²) in [5.41, 5.74) is 1.74. The van der Waals surface area contributed by atoms with Gasteiger partial charge in [0.25, 0.3) is 0 Å². The molecule has 1 N–H and O–H groups in total. The van der Waals surface area contributed by atoms with Crippen LogP contribution in [-0.4, -0.2) is 73.9 Å². The van der Waals surface area contributed by atoms with Gasteiger partial charge in [0.15, 0.2) is 0 Å². The highest BCUT2D eigenvalue weighted by Crippen LogP contribution is 2.72. The average Bonchev–Trinajstić information content (AvgIpc) is 3.59. The fourth-order valence-electron chi connectivity index (χ4n) is 7.83. The summed E-state index contributed by atoms with van der Waals surface area (Å²) in [4.78, 5) is 49.5. The summed E-state index contributed by atoms with van der Waals surface area (Å²) in [6.45, 7) is 14.8. The van der Waals surface area contributed by atoms with Crippen molar-refractivity contribution in [2.24, 2.45) is 17.8 Å². The molecule has 3 heterocycles. The highest BCUT2D eigenvalue weighted by atomic mass is 32.2. The minimum absolute atomic E-state index is 0.115. The van der Waals surface area contributed by atoms with E-state index in [1.807, 2.05) is 60.7 Å². The predicted molar refractivity (Wildman–Crippen MR) is 177 cm³/mol. The summed E-state index contributed by atoms with van der Waals surface area (Å²) in [5.74, 6) is -1.55. The van der Waals surface area contributed by atoms with Crippen molar-refractivity contribution < 1.29 is 19.5 Å². The summed E-state index contributed by atoms with van der Waals surface area (Å²) in [6.07, 6.45) is 5.36. The smallest absolute Gasteiger partial charge is 0.247 e. The summed E-state index contributed by atoms with van der Waals surface area (Å²) in [5, 5.41) is 10.7. The van der Waals surface area contributed by atoms with Gasteiger partial charge in [-0.15, -0.1) is 24.9 Å². The number of thioether (sulfide) groups is 1. The number of anilines is 1. The van der Waals surface area contributed by atoms with Crippen molar-refractivity contribution in [3.63, 3.8) is 0 Å². The Morgan fingerprint density at radius 3 is 2.25 bits per heavy atom. The molecule has 3 aliphatic rings. The average molecular weight is 616 g/mol. The van der Waals surface area contributed by atoms with E-state index in [0.717, 1.165) is 17.7 Å². The lowest BCUT2D eigenvalue weighted by atomic mass is 9.66. The minimum Gasteiger partial charge on any atom is -0.394 e. The van der Waals surface area contributed by atoms with Gasteiger partial charge >= 0.3 is 0 Å². The van der Waals surface area contributed by atoms with Gasteiger partial charge in [-0.2, -0.15) is 0 Å². The van der Waals surface area contributed by atoms with Gasteiger partial charge in [0.05, 0.1) is 29.2 Å². The van der Waals surface area contributed by atoms with Crippen LogP contribution in [0.4, 0.5) is 5.69 Å². The number of nitrogens with zero attached hydrogens (tertiary/aromatic N) is 3. The summed E-state index contributed by atoms with van der Waals surface area (Å²) in [7, 11) is 0. The number of likely N-dealkylation sites (tertiary alicyclic amines) is 1. The number of aliphatic hydroxyl groups is 1. The van der Waals surface area contributed by atoms with Crippen molar-refractivity contribution in [1.82, 2.24) is 9.80 Å². The van der Waals surface area contributed by atoms with Gasteiger partial charge in [0.2, 0.25) is 17.7 Å². The maximum absolute atomic E-state index is 14.8. The fraction of sp³-hybridized carbons (Fsp3) is 0.472. The molecule has 6 atom stereocenters. The molecule has 3 amide bonds. The lowest BCUT2D eigenvalue weighted by Crippen LogP contribution is -2.57. The molecule has 2 aromatic carbocycles. The van der Waals surface area contributed by atoms with Gasteiger partial charge in [-0.3, -0.25) is 14.4 Å². The van der Waals surface area contributed by atoms with Gasteiger partial charge in [-0.25, -0.2) is 0 Å². The summed E-state index contributed by atoms with van der Waals surface area (Å²) < 4.78 is -1.29. The van der Waals surface area contributed by atoms with Crippen LogP contribution in [0.5, 0.6) is 0 Å². The number of para-hydroxylation sites is 1. The second kappa shape index (κ2) is 12.9. The number of benzene rings is 2. The SMILES string of the molecule is C=CCN(Cc1ccccc1)C(=O)C1N([C@@H](CO)CC(C)C)C(=O)[C@@H]2[C@@H](C(=O)N(CC=C)c3ccccc3)[C@@]3(C)CCC12S3. The monoisotopic (exact) mass is 615 g/mol. The Morgan fingerprint density at radius 1 is 1.02 bits per heavy atom. The first-order valence-corrected chi connectivity index (χ1v) is 16.5. The van der Waals surface area contributed by atoms with Crippen molar-refractivity contribution >= 4 is 35.2 Å². The van der Waals surface area contributed by atoms with Gasteiger partial charge in [-0.1, -0.05) is 74.5 Å². The van der Waals surface area contributed by atoms with E-state index in [2.05, 4.69) is 33.9 Å². The van der Waals surface area contributed by atoms with E-state index in [1.165, 1.54) is 0 Å². The molecule has 2 unspecified atom stereocenters. The topological polar surface area (TPSA) is 81.2 Å². The zero-order valence-electron chi connectivity index (χ0n) is 26.1. The van der Waals surface area contributed by atoms with E-state index in [0.29, 0.717) is 32.5 Å². The molecule has 7 nitrogen and oxygen atoms in total. The Balaban J connectivity index is 1.60. The van der Waals surface area contributed by atoms with Crippen molar-refractivity contribution in [1.29, 1.82) is 0 Å². The molecule has 2 bridgehead atoms. The molecule has 2 aromatic rings. The molecule has 1 spiro atoms. The Bertz CT molecular complexity index is 1380. The first-order valence-electron chi connectivity index (χ1n) is 15.7. The molecule has 44 heavy (non-hydrogen) atoms. The van der Waals surface area contributed by atoms with Crippen LogP contribution in [0.15, 0.2) is 86.0 Å². The largest absolute Gasteiger partial charge is 0.394 e. The number of hydrogen-bond donors (Lipinski definition) is 1. The van der Waals surface area contributed by atoms with Crippen LogP contribution in [0.25, 0.3) is 0 Å². The van der Waals surface area contributed by atoms with Gasteiger partial charge in [-0.05, 0) is 49.8 Å². The Kier molecular flexibility index (Phi) is 9.42. The zero-order chi connectivity index (χ0) is 31.6. The lowest BCUT2D eigenvalue weighted by molar-refractivity contribution is -0.146. The van der Waals surface area contributed by atoms with Crippen LogP contribution in [0.1, 0.15) is 45.6 Å². The molecule has 3 aliphatic heterocycles. The highest BCUT2D eigenvalue weighted by Gasteiger charge is 2.78. The molecule has 0 saturated carbocycles. The van der Waals surface area contributed by atoms with E-state index in [4.69, 9.17) is 0 Å². The van der Waals surface area contributed by atoms with Crippen molar-refractivity contribution in [3.05, 3.63) is 91.5 Å². The summed E-state index contributed by atoms with van der Waals surface area (Å²) >= 11 is 1.66. The normalized spacial score (nSPS) is 27.7. The second-order valence-electron chi connectivity index (χ2n) is 13.0. The second-order valence-corrected chi connectivity index (χ2v) is 14.9. The number of rotatable bonds is 13. The molecule has 3 saturated heterocycles. The summed E-state index contributed by atoms with van der Waals surface area (Å²) in [6, 6.07) is 18.0. The molecule has 5 rings (SSSR count). The standard InChI is InChI=1S/C36H45N3O4S/c1-6-20-37(23-26-14-10-8-11-15-26)34(43)31-36-19-18-35(5,44-36)29(30(36)33(42)39(31)28(24-40)22-25(3)4)32(41)38(21-7-2)27-16-12-9-13-17-27/h6-17,25,28-31,40H,1-2,18-24H2,3-5H3/t28-,29+,30+,31?,35-,36?/m1/s1. The Morgan fingerprint density at radius 2 is 1.66 bits per heavy atom. The van der Waals surface area contributed by atoms with Gasteiger partial charge in [0.1, 0.15) is 6.04 Å². The molecular formula is C36H45N3O4S. The number of amides is 3. The quantitative estimate of drug-likeness (QED) is 0.309. The van der Waals surface area contributed by atoms with Crippen LogP contribution >= 0.6 is 11.8 Å². The number of aliphatic hydroxyl groups excluding tert-OH is 1. The van der Waals surface area contributed by atoms with Crippen LogP contribution in [0.3, 0.4) is 0 Å². The third-order valence-electron chi connectivity index (χ3n) is 9.59. The first-order chi connectivity index (χ1) is 21.1. The third kappa shape index (κ3) is 5.51. The van der Waals surface area contributed by atoms with E-state index in [-0.39, 0.29) is 30.2 Å². The van der Waals surface area contributed by atoms with Crippen LogP contribution in [-0.2, 0) is 20.9 Å². The maximum Gasteiger partial charge on any atom is 0.247 e. The number of carbonyl (C=O) groups is 3. The fourth-order valence-corrected chi connectivity index (χ4v) is 10.2. The molecular weight excluding hydrogens is 570 g/mol. The minimum atomic E-state index is -0.797. The Labute approximate surface area is 266 Å². The third-order valence-corrected chi connectivity index (χ3v) is 11.6. The van der Waals surface area contributed by atoms with Crippen LogP contribution < -0.4 is 4.90 Å². The zero-order valence-corrected chi connectivity index (χ0v) is 26.9. The van der Waals surface area contributed by atoms with E-state index < -0.39 is 33.4 Å². The lowest BCUT2D eigenvalue weighted by Gasteiger charge is -2.40. The molecule has 0 aliphatic carbocycles. The predicted octanol–water partition coefficient (Wildman–Crippen LogP) is 5.31. The molecule has 3 fully saturated rings. The number of fused-ring (bicyclic) bond motifs is 1. The number of hydrogen-bond acceptors (Lipinski definition) is 5. The molecule has 8 heteroatoms. The maximum atomic E-state index is 14.8. The van der Waals surface area contributed by atoms with E-state index >= 15 is 0 Å². The molecule has 234 valence electrons. The van der Waals surface area contributed by atoms with E-state index in [9.17, 15) is 19.5 Å². The van der Waals surface area contributed by atoms with Gasteiger partial charge in [0, 0.05) is 30.1 Å². The van der Waals surface area contributed by atoms with Crippen LogP contribution in [0, 0.1) is 17.8 Å². The van der Waals surface area contributed by atoms with E-state index in [1.54, 1.807) is 38.6 Å². The highest BCUT2D eigenvalue weighted by molar-refractivity contribution is 8.02. The molecule has 0 radical (unpaired) electrons. The molecule has 0 aromatic heterocycles. The van der Waals surface area contributed by atoms with Gasteiger partial charge < -0.3 is 19.8 Å². The van der Waals surface area contributed by atoms with Crippen molar-refractivity contribution in [2.45, 2.75) is 68.2 Å². The van der Waals surface area contributed by atoms with Crippen molar-refractivity contribution in [3.8, 4) is 0 Å².